The maximum Gasteiger partial charge on any atom is 0.347 e. The van der Waals surface area contributed by atoms with Gasteiger partial charge in [0.15, 0.2) is 5.60 Å². The number of carboxylic acid groups (broad SMARTS) is 1. The van der Waals surface area contributed by atoms with Gasteiger partial charge in [-0.15, -0.1) is 0 Å². The van der Waals surface area contributed by atoms with Crippen molar-refractivity contribution in [2.24, 2.45) is 0 Å². The number of halogens is 1. The van der Waals surface area contributed by atoms with Crippen LogP contribution >= 0.6 is 11.6 Å². The number of likely N-dealkylation sites (N-methyl/N-ethyl adjacent to an activating group) is 1. The number of para-hydroxylation sites is 1. The van der Waals surface area contributed by atoms with Crippen LogP contribution in [0.5, 0.6) is 5.75 Å². The molecule has 1 heterocycles. The van der Waals surface area contributed by atoms with E-state index in [0.717, 1.165) is 11.3 Å². The van der Waals surface area contributed by atoms with E-state index in [1.165, 1.54) is 13.8 Å². The number of fused-ring (bicyclic) bond motifs is 1. The molecule has 0 bridgehead atoms. The third-order valence-electron chi connectivity index (χ3n) is 6.82. The number of amides is 2. The van der Waals surface area contributed by atoms with Crippen LogP contribution in [0, 0.1) is 0 Å². The molecule has 198 valence electrons. The third-order valence-corrected chi connectivity index (χ3v) is 7.07. The number of hydrogen-bond acceptors (Lipinski definition) is 4. The van der Waals surface area contributed by atoms with E-state index in [1.807, 2.05) is 50.2 Å². The lowest BCUT2D eigenvalue weighted by Gasteiger charge is -2.40. The molecule has 0 unspecified atom stereocenters. The molecule has 0 spiro atoms. The molecule has 2 atom stereocenters. The van der Waals surface area contributed by atoms with Gasteiger partial charge in [0.1, 0.15) is 5.75 Å². The first kappa shape index (κ1) is 27.2. The standard InChI is InChI=1S/C30H31ClN2O5/c1-5-32(22-14-12-21(31)13-15-22)28(35)25-18-19(2)33(26-9-7-6-8-24(25)26)27(34)20-10-16-23(17-11-20)38-30(3,4)29(36)37/h6-17,19,25H,5,18H2,1-4H3,(H,36,37)/t19-,25+/m0/s1. The Bertz CT molecular complexity index is 1340. The summed E-state index contributed by atoms with van der Waals surface area (Å²) in [6.45, 7) is 7.31. The predicted octanol–water partition coefficient (Wildman–Crippen LogP) is 6.16. The molecule has 0 saturated heterocycles. The van der Waals surface area contributed by atoms with Crippen LogP contribution in [0.25, 0.3) is 0 Å². The lowest BCUT2D eigenvalue weighted by atomic mass is 9.84. The van der Waals surface area contributed by atoms with Crippen molar-refractivity contribution in [1.82, 2.24) is 0 Å². The van der Waals surface area contributed by atoms with Gasteiger partial charge >= 0.3 is 5.97 Å². The Kier molecular flexibility index (Phi) is 7.78. The lowest BCUT2D eigenvalue weighted by Crippen LogP contribution is -2.46. The number of hydrogen-bond donors (Lipinski definition) is 1. The van der Waals surface area contributed by atoms with Crippen LogP contribution in [0.4, 0.5) is 11.4 Å². The summed E-state index contributed by atoms with van der Waals surface area (Å²) in [7, 11) is 0. The first-order chi connectivity index (χ1) is 18.0. The van der Waals surface area contributed by atoms with E-state index < -0.39 is 17.5 Å². The topological polar surface area (TPSA) is 87.2 Å². The fraction of sp³-hybridized carbons (Fsp3) is 0.300. The van der Waals surface area contributed by atoms with Gasteiger partial charge in [0.05, 0.1) is 5.92 Å². The highest BCUT2D eigenvalue weighted by Gasteiger charge is 2.39. The van der Waals surface area contributed by atoms with Crippen molar-refractivity contribution in [2.45, 2.75) is 51.7 Å². The number of benzene rings is 3. The van der Waals surface area contributed by atoms with Gasteiger partial charge in [0, 0.05) is 34.5 Å². The second-order valence-electron chi connectivity index (χ2n) is 9.87. The molecule has 4 rings (SSSR count). The molecular weight excluding hydrogens is 504 g/mol. The van der Waals surface area contributed by atoms with E-state index in [-0.39, 0.29) is 17.9 Å². The number of carbonyl (C=O) groups excluding carboxylic acids is 2. The molecular formula is C30H31ClN2O5. The van der Waals surface area contributed by atoms with Gasteiger partial charge < -0.3 is 19.6 Å². The van der Waals surface area contributed by atoms with Crippen LogP contribution in [-0.2, 0) is 9.59 Å². The number of carboxylic acids is 1. The Morgan fingerprint density at radius 3 is 2.26 bits per heavy atom. The first-order valence-corrected chi connectivity index (χ1v) is 12.9. The van der Waals surface area contributed by atoms with Crippen LogP contribution in [0.3, 0.4) is 0 Å². The molecule has 0 radical (unpaired) electrons. The zero-order valence-electron chi connectivity index (χ0n) is 21.8. The van der Waals surface area contributed by atoms with E-state index in [1.54, 1.807) is 46.2 Å². The Balaban J connectivity index is 1.62. The molecule has 38 heavy (non-hydrogen) atoms. The number of rotatable bonds is 7. The number of ether oxygens (including phenoxy) is 1. The summed E-state index contributed by atoms with van der Waals surface area (Å²) in [5, 5.41) is 9.91. The van der Waals surface area contributed by atoms with Gasteiger partial charge in [-0.05, 0) is 94.3 Å². The minimum absolute atomic E-state index is 0.0243. The van der Waals surface area contributed by atoms with Crippen molar-refractivity contribution in [1.29, 1.82) is 0 Å². The molecule has 7 nitrogen and oxygen atoms in total. The molecule has 8 heteroatoms. The summed E-state index contributed by atoms with van der Waals surface area (Å²) in [6, 6.07) is 20.9. The van der Waals surface area contributed by atoms with Crippen LogP contribution in [0.2, 0.25) is 5.02 Å². The van der Waals surface area contributed by atoms with Gasteiger partial charge in [0.25, 0.3) is 5.91 Å². The lowest BCUT2D eigenvalue weighted by molar-refractivity contribution is -0.152. The van der Waals surface area contributed by atoms with Gasteiger partial charge in [0.2, 0.25) is 5.91 Å². The monoisotopic (exact) mass is 534 g/mol. The van der Waals surface area contributed by atoms with E-state index >= 15 is 0 Å². The Morgan fingerprint density at radius 1 is 1.03 bits per heavy atom. The molecule has 2 amide bonds. The first-order valence-electron chi connectivity index (χ1n) is 12.6. The summed E-state index contributed by atoms with van der Waals surface area (Å²) in [5.74, 6) is -1.37. The van der Waals surface area contributed by atoms with Crippen molar-refractivity contribution in [2.75, 3.05) is 16.3 Å². The van der Waals surface area contributed by atoms with Crippen LogP contribution < -0.4 is 14.5 Å². The third kappa shape index (κ3) is 5.38. The molecule has 3 aromatic rings. The Morgan fingerprint density at radius 2 is 1.66 bits per heavy atom. The second-order valence-corrected chi connectivity index (χ2v) is 10.3. The van der Waals surface area contributed by atoms with Crippen LogP contribution in [0.15, 0.2) is 72.8 Å². The minimum Gasteiger partial charge on any atom is -0.478 e. The number of anilines is 2. The number of nitrogens with zero attached hydrogens (tertiary/aromatic N) is 2. The van der Waals surface area contributed by atoms with Crippen molar-refractivity contribution >= 4 is 40.8 Å². The molecule has 1 aliphatic heterocycles. The van der Waals surface area contributed by atoms with Gasteiger partial charge in [-0.25, -0.2) is 4.79 Å². The molecule has 0 aromatic heterocycles. The summed E-state index contributed by atoms with van der Waals surface area (Å²) in [5.41, 5.74) is 1.33. The zero-order chi connectivity index (χ0) is 27.6. The fourth-order valence-electron chi connectivity index (χ4n) is 4.77. The quantitative estimate of drug-likeness (QED) is 0.392. The molecule has 1 N–H and O–H groups in total. The molecule has 0 fully saturated rings. The SMILES string of the molecule is CCN(C(=O)[C@@H]1C[C@H](C)N(C(=O)c2ccc(OC(C)(C)C(=O)O)cc2)c2ccccc21)c1ccc(Cl)cc1. The average Bonchev–Trinajstić information content (AvgIpc) is 2.89. The van der Waals surface area contributed by atoms with Gasteiger partial charge in [-0.3, -0.25) is 9.59 Å². The highest BCUT2D eigenvalue weighted by molar-refractivity contribution is 6.30. The van der Waals surface area contributed by atoms with Crippen LogP contribution in [-0.4, -0.2) is 41.1 Å². The minimum atomic E-state index is -1.40. The van der Waals surface area contributed by atoms with Crippen LogP contribution in [0.1, 0.15) is 56.0 Å². The van der Waals surface area contributed by atoms with Crippen molar-refractivity contribution < 1.29 is 24.2 Å². The molecule has 1 aliphatic rings. The van der Waals surface area contributed by atoms with E-state index in [9.17, 15) is 19.5 Å². The number of carbonyl (C=O) groups is 3. The second kappa shape index (κ2) is 10.9. The van der Waals surface area contributed by atoms with Crippen molar-refractivity contribution in [3.8, 4) is 5.75 Å². The van der Waals surface area contributed by atoms with Crippen molar-refractivity contribution in [3.05, 3.63) is 88.9 Å². The summed E-state index contributed by atoms with van der Waals surface area (Å²) < 4.78 is 5.56. The van der Waals surface area contributed by atoms with Gasteiger partial charge in [-0.1, -0.05) is 29.8 Å². The Labute approximate surface area is 227 Å². The highest BCUT2D eigenvalue weighted by atomic mass is 35.5. The normalized spacial score (nSPS) is 16.9. The summed E-state index contributed by atoms with van der Waals surface area (Å²) in [4.78, 5) is 42.3. The van der Waals surface area contributed by atoms with Crippen molar-refractivity contribution in [3.63, 3.8) is 0 Å². The maximum atomic E-state index is 13.8. The predicted molar refractivity (Wildman–Crippen MR) is 148 cm³/mol. The zero-order valence-corrected chi connectivity index (χ0v) is 22.6. The van der Waals surface area contributed by atoms with Gasteiger partial charge in [-0.2, -0.15) is 0 Å². The Hall–Kier alpha value is -3.84. The van der Waals surface area contributed by atoms with E-state index in [0.29, 0.717) is 35.0 Å². The molecule has 0 aliphatic carbocycles. The molecule has 0 saturated carbocycles. The smallest absolute Gasteiger partial charge is 0.347 e. The largest absolute Gasteiger partial charge is 0.478 e. The average molecular weight is 535 g/mol. The number of aliphatic carboxylic acids is 1. The fourth-order valence-corrected chi connectivity index (χ4v) is 4.90. The van der Waals surface area contributed by atoms with E-state index in [2.05, 4.69) is 0 Å². The van der Waals surface area contributed by atoms with E-state index in [4.69, 9.17) is 16.3 Å². The maximum absolute atomic E-state index is 13.8. The highest BCUT2D eigenvalue weighted by Crippen LogP contribution is 2.41. The summed E-state index contributed by atoms with van der Waals surface area (Å²) >= 11 is 6.05. The molecule has 3 aromatic carbocycles. The summed E-state index contributed by atoms with van der Waals surface area (Å²) in [6.07, 6.45) is 0.472.